The largest absolute Gasteiger partial charge is 0.356 e. The second-order valence-corrected chi connectivity index (χ2v) is 6.69. The van der Waals surface area contributed by atoms with Crippen molar-refractivity contribution in [3.8, 4) is 0 Å². The number of anilines is 1. The van der Waals surface area contributed by atoms with Crippen LogP contribution in [0.4, 0.5) is 5.69 Å². The van der Waals surface area contributed by atoms with Crippen molar-refractivity contribution in [2.45, 2.75) is 46.5 Å². The monoisotopic (exact) mass is 333 g/mol. The van der Waals surface area contributed by atoms with Crippen LogP contribution in [0.2, 0.25) is 0 Å². The van der Waals surface area contributed by atoms with E-state index in [0.29, 0.717) is 11.6 Å². The zero-order valence-electron chi connectivity index (χ0n) is 15.4. The fraction of sp³-hybridized carbons (Fsp3) is 0.611. The quantitative estimate of drug-likeness (QED) is 0.369. The van der Waals surface area contributed by atoms with E-state index < -0.39 is 0 Å². The molecule has 0 saturated heterocycles. The molecule has 1 aromatic heterocycles. The normalized spacial score (nSPS) is 11.9. The van der Waals surface area contributed by atoms with Gasteiger partial charge in [-0.25, -0.2) is 0 Å². The lowest BCUT2D eigenvalue weighted by Crippen LogP contribution is -2.44. The number of guanidine groups is 1. The van der Waals surface area contributed by atoms with Crippen molar-refractivity contribution in [1.29, 1.82) is 0 Å². The van der Waals surface area contributed by atoms with Crippen molar-refractivity contribution < 1.29 is 4.79 Å². The average molecular weight is 333 g/mol. The molecule has 0 fully saturated rings. The molecular formula is C18H31N5O. The highest BCUT2D eigenvalue weighted by Gasteiger charge is 2.17. The summed E-state index contributed by atoms with van der Waals surface area (Å²) in [5, 5.41) is 9.12. The molecular weight excluding hydrogens is 302 g/mol. The van der Waals surface area contributed by atoms with Gasteiger partial charge in [-0.1, -0.05) is 40.0 Å². The molecule has 0 spiro atoms. The Hall–Kier alpha value is -2.11. The molecule has 134 valence electrons. The zero-order chi connectivity index (χ0) is 17.8. The van der Waals surface area contributed by atoms with Gasteiger partial charge in [0.25, 0.3) is 0 Å². The molecule has 0 radical (unpaired) electrons. The Morgan fingerprint density at radius 3 is 2.71 bits per heavy atom. The van der Waals surface area contributed by atoms with Crippen LogP contribution in [-0.2, 0) is 4.79 Å². The summed E-state index contributed by atoms with van der Waals surface area (Å²) in [6.45, 7) is 7.69. The van der Waals surface area contributed by atoms with Crippen LogP contribution in [0.15, 0.2) is 29.5 Å². The summed E-state index contributed by atoms with van der Waals surface area (Å²) < 4.78 is 0. The number of pyridine rings is 1. The number of carbonyl (C=O) groups is 1. The fourth-order valence-electron chi connectivity index (χ4n) is 2.29. The van der Waals surface area contributed by atoms with Gasteiger partial charge in [-0.2, -0.15) is 0 Å². The van der Waals surface area contributed by atoms with E-state index in [2.05, 4.69) is 46.7 Å². The number of aliphatic imine (C=N–C) groups is 1. The zero-order valence-corrected chi connectivity index (χ0v) is 15.4. The summed E-state index contributed by atoms with van der Waals surface area (Å²) in [6.07, 6.45) is 8.20. The number of carbonyl (C=O) groups excluding carboxylic acids is 1. The Balaban J connectivity index is 2.33. The maximum atomic E-state index is 11.9. The molecule has 0 aliphatic carbocycles. The van der Waals surface area contributed by atoms with Gasteiger partial charge in [0.2, 0.25) is 5.91 Å². The van der Waals surface area contributed by atoms with Gasteiger partial charge in [-0.05, 0) is 24.0 Å². The third kappa shape index (κ3) is 8.50. The lowest BCUT2D eigenvalue weighted by atomic mass is 9.87. The average Bonchev–Trinajstić information content (AvgIpc) is 2.56. The number of unbranched alkanes of at least 4 members (excludes halogenated alkanes) is 2. The molecule has 3 N–H and O–H groups in total. The summed E-state index contributed by atoms with van der Waals surface area (Å²) >= 11 is 0. The summed E-state index contributed by atoms with van der Waals surface area (Å²) in [6, 6.07) is 3.58. The number of hydrogen-bond acceptors (Lipinski definition) is 3. The first-order valence-electron chi connectivity index (χ1n) is 8.61. The smallest absolute Gasteiger partial charge is 0.243 e. The van der Waals surface area contributed by atoms with Crippen LogP contribution in [0.3, 0.4) is 0 Å². The first kappa shape index (κ1) is 19.9. The van der Waals surface area contributed by atoms with E-state index in [4.69, 9.17) is 0 Å². The molecule has 0 aliphatic heterocycles. The number of rotatable bonds is 9. The summed E-state index contributed by atoms with van der Waals surface area (Å²) in [5.41, 5.74) is 0.884. The molecule has 24 heavy (non-hydrogen) atoms. The molecule has 1 rings (SSSR count). The maximum Gasteiger partial charge on any atom is 0.243 e. The standard InChI is InChI=1S/C18H31N5O/c1-5-6-7-10-18(2,3)14-22-17(19-4)21-13-16(24)23-15-9-8-11-20-12-15/h8-9,11-12H,5-7,10,13-14H2,1-4H3,(H,23,24)(H2,19,21,22). The molecule has 1 amide bonds. The minimum Gasteiger partial charge on any atom is -0.356 e. The minimum absolute atomic E-state index is 0.131. The molecule has 1 aromatic rings. The van der Waals surface area contributed by atoms with Crippen LogP contribution in [0.25, 0.3) is 0 Å². The van der Waals surface area contributed by atoms with Crippen molar-refractivity contribution in [2.75, 3.05) is 25.5 Å². The lowest BCUT2D eigenvalue weighted by molar-refractivity contribution is -0.115. The summed E-state index contributed by atoms with van der Waals surface area (Å²) in [4.78, 5) is 20.1. The molecule has 0 atom stereocenters. The number of nitrogens with one attached hydrogen (secondary N) is 3. The van der Waals surface area contributed by atoms with Crippen LogP contribution in [0, 0.1) is 5.41 Å². The van der Waals surface area contributed by atoms with Crippen molar-refractivity contribution in [3.63, 3.8) is 0 Å². The van der Waals surface area contributed by atoms with E-state index >= 15 is 0 Å². The van der Waals surface area contributed by atoms with Crippen LogP contribution in [0.1, 0.15) is 46.5 Å². The highest BCUT2D eigenvalue weighted by Crippen LogP contribution is 2.22. The maximum absolute atomic E-state index is 11.9. The second-order valence-electron chi connectivity index (χ2n) is 6.69. The predicted molar refractivity (Wildman–Crippen MR) is 100 cm³/mol. The van der Waals surface area contributed by atoms with E-state index in [-0.39, 0.29) is 17.9 Å². The van der Waals surface area contributed by atoms with Gasteiger partial charge in [0.1, 0.15) is 0 Å². The van der Waals surface area contributed by atoms with Crippen LogP contribution >= 0.6 is 0 Å². The van der Waals surface area contributed by atoms with Crippen LogP contribution in [-0.4, -0.2) is 37.0 Å². The Morgan fingerprint density at radius 2 is 2.08 bits per heavy atom. The Kier molecular flexibility index (Phi) is 8.83. The number of amides is 1. The molecule has 0 aromatic carbocycles. The second kappa shape index (κ2) is 10.6. The van der Waals surface area contributed by atoms with Gasteiger partial charge >= 0.3 is 0 Å². The van der Waals surface area contributed by atoms with Crippen molar-refractivity contribution in [2.24, 2.45) is 10.4 Å². The predicted octanol–water partition coefficient (Wildman–Crippen LogP) is 2.79. The van der Waals surface area contributed by atoms with Gasteiger partial charge in [0.05, 0.1) is 18.4 Å². The van der Waals surface area contributed by atoms with E-state index in [1.165, 1.54) is 25.7 Å². The molecule has 6 nitrogen and oxygen atoms in total. The number of aromatic nitrogens is 1. The Bertz CT molecular complexity index is 513. The topological polar surface area (TPSA) is 78.4 Å². The highest BCUT2D eigenvalue weighted by molar-refractivity contribution is 5.94. The number of hydrogen-bond donors (Lipinski definition) is 3. The first-order valence-corrected chi connectivity index (χ1v) is 8.61. The molecule has 0 bridgehead atoms. The summed E-state index contributed by atoms with van der Waals surface area (Å²) in [7, 11) is 1.71. The van der Waals surface area contributed by atoms with E-state index in [1.807, 2.05) is 0 Å². The highest BCUT2D eigenvalue weighted by atomic mass is 16.1. The van der Waals surface area contributed by atoms with Crippen molar-refractivity contribution in [3.05, 3.63) is 24.5 Å². The third-order valence-electron chi connectivity index (χ3n) is 3.78. The van der Waals surface area contributed by atoms with Crippen molar-refractivity contribution in [1.82, 2.24) is 15.6 Å². The van der Waals surface area contributed by atoms with Crippen LogP contribution < -0.4 is 16.0 Å². The fourth-order valence-corrected chi connectivity index (χ4v) is 2.29. The van der Waals surface area contributed by atoms with Gasteiger partial charge in [0, 0.05) is 19.8 Å². The Labute approximate surface area is 145 Å². The lowest BCUT2D eigenvalue weighted by Gasteiger charge is -2.26. The van der Waals surface area contributed by atoms with Crippen LogP contribution in [0.5, 0.6) is 0 Å². The van der Waals surface area contributed by atoms with Gasteiger partial charge in [0.15, 0.2) is 5.96 Å². The molecule has 0 unspecified atom stereocenters. The third-order valence-corrected chi connectivity index (χ3v) is 3.78. The molecule has 1 heterocycles. The van der Waals surface area contributed by atoms with Gasteiger partial charge < -0.3 is 16.0 Å². The van der Waals surface area contributed by atoms with Gasteiger partial charge in [-0.15, -0.1) is 0 Å². The first-order chi connectivity index (χ1) is 11.5. The Morgan fingerprint density at radius 1 is 1.29 bits per heavy atom. The molecule has 0 saturated carbocycles. The van der Waals surface area contributed by atoms with Gasteiger partial charge in [-0.3, -0.25) is 14.8 Å². The molecule has 0 aliphatic rings. The minimum atomic E-state index is -0.131. The molecule has 6 heteroatoms. The summed E-state index contributed by atoms with van der Waals surface area (Å²) in [5.74, 6) is 0.507. The van der Waals surface area contributed by atoms with Crippen molar-refractivity contribution >= 4 is 17.6 Å². The SMILES string of the molecule is CCCCCC(C)(C)CNC(=NC)NCC(=O)Nc1cccnc1. The number of nitrogens with zero attached hydrogens (tertiary/aromatic N) is 2. The van der Waals surface area contributed by atoms with E-state index in [9.17, 15) is 4.79 Å². The van der Waals surface area contributed by atoms with E-state index in [1.54, 1.807) is 31.6 Å². The van der Waals surface area contributed by atoms with E-state index in [0.717, 1.165) is 6.54 Å².